The summed E-state index contributed by atoms with van der Waals surface area (Å²) in [4.78, 5) is 25.9. The first-order valence-corrected chi connectivity index (χ1v) is 10.2. The first-order chi connectivity index (χ1) is 14.6. The highest BCUT2D eigenvalue weighted by molar-refractivity contribution is 6.30. The lowest BCUT2D eigenvalue weighted by molar-refractivity contribution is -0.137. The van der Waals surface area contributed by atoms with Gasteiger partial charge in [0, 0.05) is 35.9 Å². The van der Waals surface area contributed by atoms with Crippen LogP contribution in [0.1, 0.15) is 32.3 Å². The fourth-order valence-corrected chi connectivity index (χ4v) is 2.96. The van der Waals surface area contributed by atoms with Crippen LogP contribution in [0.25, 0.3) is 0 Å². The molecule has 0 heterocycles. The van der Waals surface area contributed by atoms with Crippen LogP contribution in [0, 0.1) is 5.92 Å². The molecule has 0 aromatic heterocycles. The number of urea groups is 1. The first-order valence-electron chi connectivity index (χ1n) is 9.84. The van der Waals surface area contributed by atoms with Gasteiger partial charge in [-0.3, -0.25) is 9.69 Å². The normalized spacial score (nSPS) is 11.3. The van der Waals surface area contributed by atoms with Gasteiger partial charge < -0.3 is 10.6 Å². The van der Waals surface area contributed by atoms with Gasteiger partial charge in [-0.1, -0.05) is 31.5 Å². The maximum Gasteiger partial charge on any atom is 0.416 e. The molecule has 2 aromatic rings. The van der Waals surface area contributed by atoms with Crippen molar-refractivity contribution in [3.05, 3.63) is 59.1 Å². The monoisotopic (exact) mass is 455 g/mol. The van der Waals surface area contributed by atoms with Gasteiger partial charge in [0.15, 0.2) is 0 Å². The molecule has 0 bridgehead atoms. The summed E-state index contributed by atoms with van der Waals surface area (Å²) in [6.07, 6.45) is -3.78. The van der Waals surface area contributed by atoms with E-state index in [0.717, 1.165) is 12.1 Å². The van der Waals surface area contributed by atoms with Crippen molar-refractivity contribution in [1.29, 1.82) is 0 Å². The largest absolute Gasteiger partial charge is 0.416 e. The van der Waals surface area contributed by atoms with Crippen LogP contribution in [0.4, 0.5) is 29.3 Å². The predicted octanol–water partition coefficient (Wildman–Crippen LogP) is 5.95. The Balaban J connectivity index is 2.14. The van der Waals surface area contributed by atoms with Crippen LogP contribution in [0.3, 0.4) is 0 Å². The molecular formula is C22H25ClF3N3O2. The highest BCUT2D eigenvalue weighted by Gasteiger charge is 2.31. The number of halogens is 4. The maximum atomic E-state index is 13.1. The molecule has 2 N–H and O–H groups in total. The van der Waals surface area contributed by atoms with Gasteiger partial charge in [-0.05, 0) is 54.8 Å². The van der Waals surface area contributed by atoms with E-state index in [9.17, 15) is 22.8 Å². The maximum absolute atomic E-state index is 13.1. The molecule has 5 nitrogen and oxygen atoms in total. The second-order valence-corrected chi connectivity index (χ2v) is 7.87. The second-order valence-electron chi connectivity index (χ2n) is 7.44. The number of nitrogens with one attached hydrogen (secondary N) is 2. The Morgan fingerprint density at radius 2 is 1.77 bits per heavy atom. The lowest BCUT2D eigenvalue weighted by atomic mass is 10.1. The molecular weight excluding hydrogens is 431 g/mol. The number of amides is 3. The standard InChI is InChI=1S/C22H25ClF3N3O2/c1-15(2)13-20(30)27-11-4-12-29(19-6-3-5-16(14-19)22(24,25)26)21(31)28-18-9-7-17(23)8-10-18/h3,5-10,14-15H,4,11-13H2,1-2H3,(H,27,30)(H,28,31). The third-order valence-electron chi connectivity index (χ3n) is 4.30. The Labute approximate surface area is 184 Å². The third kappa shape index (κ3) is 8.13. The smallest absolute Gasteiger partial charge is 0.356 e. The van der Waals surface area contributed by atoms with Crippen LogP contribution in [-0.2, 0) is 11.0 Å². The third-order valence-corrected chi connectivity index (χ3v) is 4.55. The zero-order chi connectivity index (χ0) is 23.0. The molecule has 0 atom stereocenters. The predicted molar refractivity (Wildman–Crippen MR) is 116 cm³/mol. The van der Waals surface area contributed by atoms with E-state index in [2.05, 4.69) is 10.6 Å². The number of rotatable bonds is 8. The molecule has 168 valence electrons. The zero-order valence-corrected chi connectivity index (χ0v) is 18.1. The summed E-state index contributed by atoms with van der Waals surface area (Å²) in [7, 11) is 0. The van der Waals surface area contributed by atoms with Crippen molar-refractivity contribution >= 4 is 34.9 Å². The minimum Gasteiger partial charge on any atom is -0.356 e. The SMILES string of the molecule is CC(C)CC(=O)NCCCN(C(=O)Nc1ccc(Cl)cc1)c1cccc(C(F)(F)F)c1. The molecule has 3 amide bonds. The van der Waals surface area contributed by atoms with Gasteiger partial charge in [0.2, 0.25) is 5.91 Å². The fourth-order valence-electron chi connectivity index (χ4n) is 2.83. The van der Waals surface area contributed by atoms with E-state index in [1.165, 1.54) is 17.0 Å². The molecule has 0 spiro atoms. The lowest BCUT2D eigenvalue weighted by Gasteiger charge is -2.24. The molecule has 2 rings (SSSR count). The molecule has 0 unspecified atom stereocenters. The molecule has 0 radical (unpaired) electrons. The second kappa shape index (κ2) is 11.0. The first kappa shape index (κ1) is 24.5. The number of anilines is 2. The van der Waals surface area contributed by atoms with E-state index < -0.39 is 17.8 Å². The van der Waals surface area contributed by atoms with E-state index in [1.54, 1.807) is 24.3 Å². The molecule has 9 heteroatoms. The van der Waals surface area contributed by atoms with E-state index in [4.69, 9.17) is 11.6 Å². The van der Waals surface area contributed by atoms with Gasteiger partial charge in [-0.2, -0.15) is 13.2 Å². The van der Waals surface area contributed by atoms with Crippen LogP contribution in [0.5, 0.6) is 0 Å². The van der Waals surface area contributed by atoms with Crippen LogP contribution < -0.4 is 15.5 Å². The quantitative estimate of drug-likeness (QED) is 0.483. The van der Waals surface area contributed by atoms with Gasteiger partial charge in [-0.15, -0.1) is 0 Å². The number of carbonyl (C=O) groups is 2. The summed E-state index contributed by atoms with van der Waals surface area (Å²) in [5.74, 6) is 0.109. The molecule has 0 fully saturated rings. The minimum absolute atomic E-state index is 0.105. The molecule has 0 aliphatic rings. The highest BCUT2D eigenvalue weighted by Crippen LogP contribution is 2.32. The Hall–Kier alpha value is -2.74. The fraction of sp³-hybridized carbons (Fsp3) is 0.364. The summed E-state index contributed by atoms with van der Waals surface area (Å²) in [6, 6.07) is 10.4. The average molecular weight is 456 g/mol. The van der Waals surface area contributed by atoms with E-state index in [-0.39, 0.29) is 24.1 Å². The highest BCUT2D eigenvalue weighted by atomic mass is 35.5. The Bertz CT molecular complexity index is 886. The molecule has 0 aliphatic carbocycles. The number of nitrogens with zero attached hydrogens (tertiary/aromatic N) is 1. The van der Waals surface area contributed by atoms with Crippen molar-refractivity contribution < 1.29 is 22.8 Å². The number of hydrogen-bond donors (Lipinski definition) is 2. The number of hydrogen-bond acceptors (Lipinski definition) is 2. The summed E-state index contributed by atoms with van der Waals surface area (Å²) in [6.45, 7) is 4.27. The summed E-state index contributed by atoms with van der Waals surface area (Å²) in [5.41, 5.74) is -0.286. The van der Waals surface area contributed by atoms with Crippen LogP contribution in [-0.4, -0.2) is 25.0 Å². The Kier molecular flexibility index (Phi) is 8.74. The zero-order valence-electron chi connectivity index (χ0n) is 17.3. The molecule has 0 saturated heterocycles. The number of benzene rings is 2. The van der Waals surface area contributed by atoms with E-state index in [1.807, 2.05) is 13.8 Å². The Morgan fingerprint density at radius 3 is 2.39 bits per heavy atom. The number of carbonyl (C=O) groups excluding carboxylic acids is 2. The Morgan fingerprint density at radius 1 is 1.10 bits per heavy atom. The van der Waals surface area contributed by atoms with Crippen molar-refractivity contribution in [3.63, 3.8) is 0 Å². The summed E-state index contributed by atoms with van der Waals surface area (Å²) >= 11 is 5.84. The molecule has 31 heavy (non-hydrogen) atoms. The van der Waals surface area contributed by atoms with Gasteiger partial charge in [-0.25, -0.2) is 4.79 Å². The average Bonchev–Trinajstić information content (AvgIpc) is 2.68. The van der Waals surface area contributed by atoms with Gasteiger partial charge in [0.25, 0.3) is 0 Å². The van der Waals surface area contributed by atoms with Crippen LogP contribution in [0.15, 0.2) is 48.5 Å². The van der Waals surface area contributed by atoms with Crippen LogP contribution in [0.2, 0.25) is 5.02 Å². The van der Waals surface area contributed by atoms with E-state index >= 15 is 0 Å². The minimum atomic E-state index is -4.53. The van der Waals surface area contributed by atoms with E-state index in [0.29, 0.717) is 30.1 Å². The van der Waals surface area contributed by atoms with Crippen molar-refractivity contribution in [2.75, 3.05) is 23.3 Å². The van der Waals surface area contributed by atoms with Crippen molar-refractivity contribution in [2.24, 2.45) is 5.92 Å². The summed E-state index contributed by atoms with van der Waals surface area (Å²) in [5, 5.41) is 5.91. The van der Waals surface area contributed by atoms with Gasteiger partial charge >= 0.3 is 12.2 Å². The van der Waals surface area contributed by atoms with Crippen molar-refractivity contribution in [3.8, 4) is 0 Å². The van der Waals surface area contributed by atoms with Crippen LogP contribution >= 0.6 is 11.6 Å². The van der Waals surface area contributed by atoms with Crippen molar-refractivity contribution in [2.45, 2.75) is 32.9 Å². The van der Waals surface area contributed by atoms with Gasteiger partial charge in [0.1, 0.15) is 0 Å². The summed E-state index contributed by atoms with van der Waals surface area (Å²) < 4.78 is 39.4. The van der Waals surface area contributed by atoms with Crippen molar-refractivity contribution in [1.82, 2.24) is 5.32 Å². The van der Waals surface area contributed by atoms with Gasteiger partial charge in [0.05, 0.1) is 5.56 Å². The molecule has 0 saturated carbocycles. The molecule has 2 aromatic carbocycles. The lowest BCUT2D eigenvalue weighted by Crippen LogP contribution is -2.37. The topological polar surface area (TPSA) is 61.4 Å². The molecule has 0 aliphatic heterocycles. The number of alkyl halides is 3.